The zero-order valence-electron chi connectivity index (χ0n) is 39.0. The van der Waals surface area contributed by atoms with Gasteiger partial charge in [0, 0.05) is 54.1 Å². The number of Topliss-reactive ketones (excluding diaryl/α,β-unsaturated/α-hetero) is 1. The van der Waals surface area contributed by atoms with Crippen LogP contribution in [0.25, 0.3) is 0 Å². The van der Waals surface area contributed by atoms with Crippen molar-refractivity contribution in [2.24, 2.45) is 5.73 Å². The minimum absolute atomic E-state index is 0.0173. The second-order valence-corrected chi connectivity index (χ2v) is 16.4. The third-order valence-corrected chi connectivity index (χ3v) is 11.2. The first-order chi connectivity index (χ1) is 32.2. The quantitative estimate of drug-likeness (QED) is 0.0410. The molecule has 0 unspecified atom stereocenters. The highest BCUT2D eigenvalue weighted by atomic mass is 16.7. The van der Waals surface area contributed by atoms with E-state index in [0.29, 0.717) is 0 Å². The third-order valence-electron chi connectivity index (χ3n) is 11.2. The Morgan fingerprint density at radius 3 is 1.91 bits per heavy atom. The molecule has 0 aromatic heterocycles. The molecule has 362 valence electrons. The van der Waals surface area contributed by atoms with Crippen LogP contribution in [-0.4, -0.2) is 111 Å². The van der Waals surface area contributed by atoms with Gasteiger partial charge >= 0.3 is 11.9 Å². The van der Waals surface area contributed by atoms with E-state index in [1.807, 2.05) is 88.5 Å². The number of phenols is 2. The summed E-state index contributed by atoms with van der Waals surface area (Å²) in [5.74, 6) is -5.10. The SMILES string of the molecule is COC(=O)/C=C/C(C)=C/C=C/C(C)=C/C=C/C=C(C)/C=C/C=C(C)/C=C/C(=O)O.COc1cccc2c1C(=O)c1c(O)c3c(c(O)c1C2=O)C[C@@](O)(C(=O)CO)C[C@@H]3O[C@H]1C[C@H](N)[C@@H](O)[C@H](C)O1. The Hall–Kier alpha value is -6.79. The molecule has 68 heavy (non-hydrogen) atoms. The number of carboxylic acid groups (broad SMARTS) is 1. The number of esters is 1. The molecule has 1 fully saturated rings. The van der Waals surface area contributed by atoms with Gasteiger partial charge in [-0.3, -0.25) is 14.4 Å². The van der Waals surface area contributed by atoms with Gasteiger partial charge in [0.2, 0.25) is 5.78 Å². The molecule has 0 spiro atoms. The van der Waals surface area contributed by atoms with E-state index in [1.165, 1.54) is 38.5 Å². The number of carbonyl (C=O) groups excluding carboxylic acids is 4. The van der Waals surface area contributed by atoms with Crippen LogP contribution in [0, 0.1) is 0 Å². The highest BCUT2D eigenvalue weighted by molar-refractivity contribution is 6.31. The third kappa shape index (κ3) is 13.4. The lowest BCUT2D eigenvalue weighted by Crippen LogP contribution is -2.53. The topological polar surface area (TPSA) is 270 Å². The fraction of sp³-hybridized carbons (Fsp3) is 0.327. The van der Waals surface area contributed by atoms with E-state index in [-0.39, 0.29) is 40.4 Å². The molecule has 2 aromatic carbocycles. The molecule has 2 aliphatic carbocycles. The molecule has 0 bridgehead atoms. The second-order valence-electron chi connectivity index (χ2n) is 16.4. The highest BCUT2D eigenvalue weighted by Gasteiger charge is 2.50. The van der Waals surface area contributed by atoms with Gasteiger partial charge in [-0.2, -0.15) is 0 Å². The number of ketones is 3. The van der Waals surface area contributed by atoms with E-state index >= 15 is 0 Å². The molecular formula is C52H59NO15. The lowest BCUT2D eigenvalue weighted by molar-refractivity contribution is -0.247. The first kappa shape index (κ1) is 53.8. The predicted molar refractivity (Wildman–Crippen MR) is 252 cm³/mol. The van der Waals surface area contributed by atoms with Gasteiger partial charge in [-0.1, -0.05) is 107 Å². The number of aliphatic hydroxyl groups excluding tert-OH is 2. The number of carbonyl (C=O) groups is 5. The molecule has 16 heteroatoms. The summed E-state index contributed by atoms with van der Waals surface area (Å²) in [5.41, 5.74) is 6.35. The summed E-state index contributed by atoms with van der Waals surface area (Å²) in [4.78, 5) is 61.2. The molecule has 1 aliphatic heterocycles. The molecule has 0 saturated carbocycles. The van der Waals surface area contributed by atoms with E-state index < -0.39 is 102 Å². The summed E-state index contributed by atoms with van der Waals surface area (Å²) in [6.07, 6.45) is 20.0. The summed E-state index contributed by atoms with van der Waals surface area (Å²) in [5, 5.41) is 62.3. The number of rotatable bonds is 15. The summed E-state index contributed by atoms with van der Waals surface area (Å²) >= 11 is 0. The number of hydrogen-bond donors (Lipinski definition) is 7. The molecule has 3 aliphatic rings. The van der Waals surface area contributed by atoms with Crippen molar-refractivity contribution in [3.05, 3.63) is 159 Å². The number of aliphatic hydroxyl groups is 3. The Morgan fingerprint density at radius 2 is 1.37 bits per heavy atom. The minimum atomic E-state index is -2.24. The van der Waals surface area contributed by atoms with Crippen molar-refractivity contribution in [3.63, 3.8) is 0 Å². The van der Waals surface area contributed by atoms with Crippen LogP contribution in [0.3, 0.4) is 0 Å². The smallest absolute Gasteiger partial charge is 0.330 e. The fourth-order valence-electron chi connectivity index (χ4n) is 7.56. The number of benzene rings is 2. The van der Waals surface area contributed by atoms with Gasteiger partial charge in [-0.05, 0) is 40.7 Å². The number of methoxy groups -OCH3 is 2. The van der Waals surface area contributed by atoms with E-state index in [1.54, 1.807) is 19.1 Å². The van der Waals surface area contributed by atoms with Crippen LogP contribution in [0.5, 0.6) is 17.2 Å². The molecule has 8 N–H and O–H groups in total. The van der Waals surface area contributed by atoms with Crippen molar-refractivity contribution >= 4 is 29.3 Å². The number of fused-ring (bicyclic) bond motifs is 3. The fourth-order valence-corrected chi connectivity index (χ4v) is 7.56. The van der Waals surface area contributed by atoms with Gasteiger partial charge in [-0.25, -0.2) is 9.59 Å². The number of hydrogen-bond acceptors (Lipinski definition) is 15. The maximum absolute atomic E-state index is 13.6. The van der Waals surface area contributed by atoms with Crippen LogP contribution in [0.4, 0.5) is 0 Å². The van der Waals surface area contributed by atoms with Gasteiger partial charge < -0.3 is 55.3 Å². The van der Waals surface area contributed by atoms with Crippen molar-refractivity contribution in [1.29, 1.82) is 0 Å². The zero-order valence-corrected chi connectivity index (χ0v) is 39.0. The van der Waals surface area contributed by atoms with Crippen LogP contribution < -0.4 is 10.5 Å². The standard InChI is InChI=1S/C27H29NO11.C25H30O4/c1-10-22(31)13(28)6-17(38-10)39-15-8-27(36,16(30)9-29)7-12-19(15)26(35)21-20(24(12)33)23(32)11-4-3-5-14(37-2)18(11)25(21)34;1-20(12-8-14-22(3)16-18-24(26)27)10-6-7-11-21(2)13-9-15-23(4)17-19-25(28)29-5/h3-5,10,13,15,17,22,29,31,33,35-36H,6-9,28H2,1-2H3;6-19H,1-5H3,(H,26,27)/b;7-6+,12-8+,13-9+,18-16+,19-17+,20-10+,21-11+,22-14+,23-15+/t10-,13-,15-,17-,22-,27-;/m0./s1. The van der Waals surface area contributed by atoms with Gasteiger partial charge in [0.1, 0.15) is 29.5 Å². The van der Waals surface area contributed by atoms with Crippen LogP contribution in [-0.2, 0) is 35.0 Å². The number of phenolic OH excluding ortho intramolecular Hbond substituents is 2. The Labute approximate surface area is 394 Å². The van der Waals surface area contributed by atoms with Crippen LogP contribution in [0.2, 0.25) is 0 Å². The monoisotopic (exact) mass is 937 g/mol. The summed E-state index contributed by atoms with van der Waals surface area (Å²) in [7, 11) is 2.67. The number of ether oxygens (including phenoxy) is 4. The lowest BCUT2D eigenvalue weighted by Gasteiger charge is -2.42. The Kier molecular flexibility index (Phi) is 19.2. The number of nitrogens with two attached hydrogens (primary N) is 1. The number of carboxylic acids is 1. The molecule has 2 aromatic rings. The molecule has 1 heterocycles. The average molecular weight is 938 g/mol. The molecular weight excluding hydrogens is 879 g/mol. The first-order valence-corrected chi connectivity index (χ1v) is 21.5. The van der Waals surface area contributed by atoms with Gasteiger partial charge in [0.05, 0.1) is 49.2 Å². The largest absolute Gasteiger partial charge is 0.507 e. The Bertz CT molecular complexity index is 2540. The van der Waals surface area contributed by atoms with Gasteiger partial charge in [0.25, 0.3) is 0 Å². The van der Waals surface area contributed by atoms with Crippen molar-refractivity contribution in [2.75, 3.05) is 20.8 Å². The number of aliphatic carboxylic acids is 1. The number of allylic oxidation sites excluding steroid dienone is 16. The van der Waals surface area contributed by atoms with Gasteiger partial charge in [-0.15, -0.1) is 0 Å². The maximum atomic E-state index is 13.6. The molecule has 0 radical (unpaired) electrons. The Morgan fingerprint density at radius 1 is 0.809 bits per heavy atom. The van der Waals surface area contributed by atoms with Crippen LogP contribution in [0.1, 0.15) is 96.5 Å². The minimum Gasteiger partial charge on any atom is -0.507 e. The van der Waals surface area contributed by atoms with Crippen LogP contribution in [0.15, 0.2) is 126 Å². The summed E-state index contributed by atoms with van der Waals surface area (Å²) < 4.78 is 21.5. The van der Waals surface area contributed by atoms with E-state index in [9.17, 15) is 49.5 Å². The molecule has 5 rings (SSSR count). The van der Waals surface area contributed by atoms with E-state index in [2.05, 4.69) is 4.74 Å². The zero-order chi connectivity index (χ0) is 50.5. The number of aromatic hydroxyl groups is 2. The van der Waals surface area contributed by atoms with Crippen molar-refractivity contribution < 1.29 is 73.6 Å². The summed E-state index contributed by atoms with van der Waals surface area (Å²) in [6.45, 7) is 8.30. The molecule has 1 saturated heterocycles. The van der Waals surface area contributed by atoms with Crippen LogP contribution >= 0.6 is 0 Å². The highest BCUT2D eigenvalue weighted by Crippen LogP contribution is 2.52. The second kappa shape index (κ2) is 24.3. The molecule has 16 nitrogen and oxygen atoms in total. The summed E-state index contributed by atoms with van der Waals surface area (Å²) in [6, 6.07) is 3.64. The normalized spacial score (nSPS) is 23.5. The van der Waals surface area contributed by atoms with E-state index in [0.717, 1.165) is 28.4 Å². The first-order valence-electron chi connectivity index (χ1n) is 21.5. The molecule has 0 amide bonds. The molecule has 6 atom stereocenters. The predicted octanol–water partition coefficient (Wildman–Crippen LogP) is 5.81. The van der Waals surface area contributed by atoms with Gasteiger partial charge in [0.15, 0.2) is 17.9 Å². The van der Waals surface area contributed by atoms with E-state index in [4.69, 9.17) is 25.1 Å². The maximum Gasteiger partial charge on any atom is 0.330 e. The lowest BCUT2D eigenvalue weighted by atomic mass is 9.72. The average Bonchev–Trinajstić information content (AvgIpc) is 3.30. The Balaban J connectivity index is 0.000000313. The van der Waals surface area contributed by atoms with Crippen molar-refractivity contribution in [3.8, 4) is 17.2 Å². The van der Waals surface area contributed by atoms with Crippen molar-refractivity contribution in [2.45, 2.75) is 90.1 Å². The van der Waals surface area contributed by atoms with Crippen molar-refractivity contribution in [1.82, 2.24) is 0 Å².